The van der Waals surface area contributed by atoms with Crippen molar-refractivity contribution in [2.75, 3.05) is 0 Å². The average Bonchev–Trinajstić information content (AvgIpc) is 2.43. The predicted octanol–water partition coefficient (Wildman–Crippen LogP) is 3.84. The molecular formula is C14H7ClFNO3. The molecule has 0 radical (unpaired) electrons. The number of nitrogens with zero attached hydrogens (tertiary/aromatic N) is 1. The van der Waals surface area contributed by atoms with E-state index in [1.807, 2.05) is 6.07 Å². The van der Waals surface area contributed by atoms with Crippen molar-refractivity contribution in [3.05, 3.63) is 58.4 Å². The fourth-order valence-corrected chi connectivity index (χ4v) is 1.62. The lowest BCUT2D eigenvalue weighted by Crippen LogP contribution is -1.98. The van der Waals surface area contributed by atoms with E-state index >= 15 is 0 Å². The molecule has 0 fully saturated rings. The van der Waals surface area contributed by atoms with Gasteiger partial charge in [-0.15, -0.1) is 0 Å². The molecule has 1 N–H and O–H groups in total. The Kier molecular flexibility index (Phi) is 3.87. The second-order valence-electron chi connectivity index (χ2n) is 3.81. The molecule has 0 aliphatic carbocycles. The van der Waals surface area contributed by atoms with E-state index in [9.17, 15) is 9.18 Å². The third kappa shape index (κ3) is 2.87. The molecule has 0 saturated heterocycles. The zero-order chi connectivity index (χ0) is 14.7. The molecule has 0 aromatic heterocycles. The molecule has 100 valence electrons. The molecule has 0 atom stereocenters. The van der Waals surface area contributed by atoms with E-state index < -0.39 is 11.8 Å². The van der Waals surface area contributed by atoms with Crippen LogP contribution in [-0.2, 0) is 0 Å². The normalized spacial score (nSPS) is 9.85. The molecule has 0 bridgehead atoms. The number of aromatic carboxylic acids is 1. The van der Waals surface area contributed by atoms with Crippen LogP contribution in [0.1, 0.15) is 15.9 Å². The van der Waals surface area contributed by atoms with Crippen LogP contribution in [0.25, 0.3) is 0 Å². The summed E-state index contributed by atoms with van der Waals surface area (Å²) in [6.07, 6.45) is 0. The standard InChI is InChI=1S/C14H7ClFNO3/c15-11-3-2-10(6-12(11)16)20-13-4-1-8(14(18)19)5-9(13)7-17/h1-6H,(H,18,19). The third-order valence-electron chi connectivity index (χ3n) is 2.47. The summed E-state index contributed by atoms with van der Waals surface area (Å²) in [6, 6.07) is 9.50. The Hall–Kier alpha value is -2.58. The highest BCUT2D eigenvalue weighted by molar-refractivity contribution is 6.30. The quantitative estimate of drug-likeness (QED) is 0.932. The summed E-state index contributed by atoms with van der Waals surface area (Å²) in [4.78, 5) is 10.8. The van der Waals surface area contributed by atoms with Crippen LogP contribution in [0.5, 0.6) is 11.5 Å². The smallest absolute Gasteiger partial charge is 0.335 e. The molecule has 0 aliphatic rings. The number of carboxylic acid groups (broad SMARTS) is 1. The maximum Gasteiger partial charge on any atom is 0.335 e. The van der Waals surface area contributed by atoms with E-state index in [0.29, 0.717) is 0 Å². The van der Waals surface area contributed by atoms with Gasteiger partial charge in [-0.25, -0.2) is 9.18 Å². The molecule has 0 aliphatic heterocycles. The maximum atomic E-state index is 13.3. The largest absolute Gasteiger partial charge is 0.478 e. The number of carbonyl (C=O) groups is 1. The van der Waals surface area contributed by atoms with Gasteiger partial charge in [0.25, 0.3) is 0 Å². The van der Waals surface area contributed by atoms with Crippen molar-refractivity contribution >= 4 is 17.6 Å². The van der Waals surface area contributed by atoms with Gasteiger partial charge in [-0.3, -0.25) is 0 Å². The van der Waals surface area contributed by atoms with Gasteiger partial charge in [-0.1, -0.05) is 11.6 Å². The van der Waals surface area contributed by atoms with E-state index in [2.05, 4.69) is 0 Å². The van der Waals surface area contributed by atoms with Gasteiger partial charge < -0.3 is 9.84 Å². The summed E-state index contributed by atoms with van der Waals surface area (Å²) < 4.78 is 18.6. The number of carboxylic acids is 1. The third-order valence-corrected chi connectivity index (χ3v) is 2.77. The van der Waals surface area contributed by atoms with Crippen molar-refractivity contribution in [1.29, 1.82) is 5.26 Å². The summed E-state index contributed by atoms with van der Waals surface area (Å²) >= 11 is 5.55. The Morgan fingerprint density at radius 1 is 1.30 bits per heavy atom. The number of hydrogen-bond donors (Lipinski definition) is 1. The minimum atomic E-state index is -1.15. The first-order valence-electron chi connectivity index (χ1n) is 5.41. The van der Waals surface area contributed by atoms with Gasteiger partial charge in [0, 0.05) is 6.07 Å². The number of halogens is 2. The van der Waals surface area contributed by atoms with Crippen LogP contribution in [0.4, 0.5) is 4.39 Å². The number of hydrogen-bond acceptors (Lipinski definition) is 3. The van der Waals surface area contributed by atoms with Crippen LogP contribution in [0.2, 0.25) is 5.02 Å². The molecule has 4 nitrogen and oxygen atoms in total. The number of benzene rings is 2. The van der Waals surface area contributed by atoms with Crippen molar-refractivity contribution in [3.63, 3.8) is 0 Å². The van der Waals surface area contributed by atoms with Gasteiger partial charge in [0.1, 0.15) is 23.4 Å². The van der Waals surface area contributed by atoms with Gasteiger partial charge >= 0.3 is 5.97 Å². The Morgan fingerprint density at radius 3 is 2.65 bits per heavy atom. The predicted molar refractivity (Wildman–Crippen MR) is 69.6 cm³/mol. The van der Waals surface area contributed by atoms with Crippen LogP contribution in [0.15, 0.2) is 36.4 Å². The summed E-state index contributed by atoms with van der Waals surface area (Å²) in [5.74, 6) is -1.50. The molecule has 6 heteroatoms. The molecule has 20 heavy (non-hydrogen) atoms. The van der Waals surface area contributed by atoms with Crippen LogP contribution in [0.3, 0.4) is 0 Å². The fraction of sp³-hybridized carbons (Fsp3) is 0. The second-order valence-corrected chi connectivity index (χ2v) is 4.21. The van der Waals surface area contributed by atoms with Crippen molar-refractivity contribution < 1.29 is 19.0 Å². The van der Waals surface area contributed by atoms with Crippen molar-refractivity contribution in [3.8, 4) is 17.6 Å². The monoisotopic (exact) mass is 291 g/mol. The lowest BCUT2D eigenvalue weighted by Gasteiger charge is -2.08. The first-order valence-corrected chi connectivity index (χ1v) is 5.79. The zero-order valence-electron chi connectivity index (χ0n) is 9.93. The first kappa shape index (κ1) is 13.8. The van der Waals surface area contributed by atoms with E-state index in [1.54, 1.807) is 0 Å². The Labute approximate surface area is 118 Å². The maximum absolute atomic E-state index is 13.3. The highest BCUT2D eigenvalue weighted by atomic mass is 35.5. The molecule has 0 unspecified atom stereocenters. The van der Waals surface area contributed by atoms with E-state index in [-0.39, 0.29) is 27.6 Å². The highest BCUT2D eigenvalue weighted by Gasteiger charge is 2.11. The second kappa shape index (κ2) is 5.59. The van der Waals surface area contributed by atoms with Crippen LogP contribution >= 0.6 is 11.6 Å². The molecule has 2 rings (SSSR count). The van der Waals surface area contributed by atoms with E-state index in [4.69, 9.17) is 26.7 Å². The number of nitriles is 1. The van der Waals surface area contributed by atoms with Gasteiger partial charge in [-0.2, -0.15) is 5.26 Å². The summed E-state index contributed by atoms with van der Waals surface area (Å²) in [5.41, 5.74) is 0.0106. The molecule has 0 spiro atoms. The summed E-state index contributed by atoms with van der Waals surface area (Å²) in [6.45, 7) is 0. The number of ether oxygens (including phenoxy) is 1. The Morgan fingerprint density at radius 2 is 2.05 bits per heavy atom. The van der Waals surface area contributed by atoms with Crippen LogP contribution < -0.4 is 4.74 Å². The lowest BCUT2D eigenvalue weighted by molar-refractivity contribution is 0.0697. The van der Waals surface area contributed by atoms with Gasteiger partial charge in [-0.05, 0) is 30.3 Å². The summed E-state index contributed by atoms with van der Waals surface area (Å²) in [7, 11) is 0. The van der Waals surface area contributed by atoms with Crippen LogP contribution in [-0.4, -0.2) is 11.1 Å². The SMILES string of the molecule is N#Cc1cc(C(=O)O)ccc1Oc1ccc(Cl)c(F)c1. The lowest BCUT2D eigenvalue weighted by atomic mass is 10.1. The topological polar surface area (TPSA) is 70.3 Å². The minimum absolute atomic E-state index is 0.0313. The average molecular weight is 292 g/mol. The molecule has 2 aromatic carbocycles. The van der Waals surface area contributed by atoms with Crippen molar-refractivity contribution in [1.82, 2.24) is 0 Å². The van der Waals surface area contributed by atoms with Gasteiger partial charge in [0.05, 0.1) is 16.1 Å². The first-order chi connectivity index (χ1) is 9.51. The minimum Gasteiger partial charge on any atom is -0.478 e. The molecule has 2 aromatic rings. The van der Waals surface area contributed by atoms with Crippen molar-refractivity contribution in [2.24, 2.45) is 0 Å². The van der Waals surface area contributed by atoms with Crippen molar-refractivity contribution in [2.45, 2.75) is 0 Å². The summed E-state index contributed by atoms with van der Waals surface area (Å²) in [5, 5.41) is 17.8. The molecular weight excluding hydrogens is 285 g/mol. The zero-order valence-corrected chi connectivity index (χ0v) is 10.7. The van der Waals surface area contributed by atoms with Crippen LogP contribution in [0, 0.1) is 17.1 Å². The highest BCUT2D eigenvalue weighted by Crippen LogP contribution is 2.28. The van der Waals surface area contributed by atoms with E-state index in [0.717, 1.165) is 6.07 Å². The molecule has 0 saturated carbocycles. The van der Waals surface area contributed by atoms with Gasteiger partial charge in [0.15, 0.2) is 0 Å². The Balaban J connectivity index is 2.36. The van der Waals surface area contributed by atoms with Gasteiger partial charge in [0.2, 0.25) is 0 Å². The van der Waals surface area contributed by atoms with E-state index in [1.165, 1.54) is 30.3 Å². The fourth-order valence-electron chi connectivity index (χ4n) is 1.51. The molecule has 0 heterocycles. The Bertz CT molecular complexity index is 725. The molecule has 0 amide bonds. The number of rotatable bonds is 3.